The van der Waals surface area contributed by atoms with Crippen molar-refractivity contribution in [2.45, 2.75) is 24.8 Å². The van der Waals surface area contributed by atoms with Gasteiger partial charge < -0.3 is 0 Å². The lowest BCUT2D eigenvalue weighted by molar-refractivity contribution is 0.221. The molecule has 3 heteroatoms. The summed E-state index contributed by atoms with van der Waals surface area (Å²) in [5.74, 6) is 0.398. The molecule has 2 heterocycles. The molecule has 1 aromatic heterocycles. The number of benzene rings is 2. The number of hydrogen-bond donors (Lipinski definition) is 1. The molecule has 2 aliphatic rings. The standard InChI is InChI=1S/C25H25N3/c1-3-9-19(10-4-1)13-14-24(28-15-7-2-8-16-28)22-17-20-11-5-6-12-21(20)25-23(22)18-26-27-25/h1-7,9-14,18,22,24H,8,15-17H2,(H,26,27)/b14-13+. The van der Waals surface area contributed by atoms with E-state index in [0.29, 0.717) is 12.0 Å². The van der Waals surface area contributed by atoms with E-state index in [4.69, 9.17) is 0 Å². The summed E-state index contributed by atoms with van der Waals surface area (Å²) < 4.78 is 0. The molecule has 2 aromatic carbocycles. The number of nitrogens with zero attached hydrogens (tertiary/aromatic N) is 2. The summed E-state index contributed by atoms with van der Waals surface area (Å²) in [6.45, 7) is 2.11. The Labute approximate surface area is 166 Å². The number of H-pyrrole nitrogens is 1. The van der Waals surface area contributed by atoms with Gasteiger partial charge in [-0.2, -0.15) is 5.10 Å². The number of fused-ring (bicyclic) bond motifs is 3. The zero-order valence-corrected chi connectivity index (χ0v) is 16.0. The van der Waals surface area contributed by atoms with Crippen molar-refractivity contribution in [3.05, 3.63) is 95.7 Å². The van der Waals surface area contributed by atoms with Crippen LogP contribution < -0.4 is 0 Å². The van der Waals surface area contributed by atoms with Crippen LogP contribution in [0.3, 0.4) is 0 Å². The van der Waals surface area contributed by atoms with E-state index in [-0.39, 0.29) is 0 Å². The van der Waals surface area contributed by atoms with Gasteiger partial charge in [0.2, 0.25) is 0 Å². The first-order valence-corrected chi connectivity index (χ1v) is 10.1. The number of nitrogens with one attached hydrogen (secondary N) is 1. The topological polar surface area (TPSA) is 31.9 Å². The Hall–Kier alpha value is -2.91. The van der Waals surface area contributed by atoms with Crippen LogP contribution >= 0.6 is 0 Å². The molecule has 1 aliphatic heterocycles. The minimum absolute atomic E-state index is 0.342. The largest absolute Gasteiger partial charge is 0.292 e. The molecule has 5 rings (SSSR count). The smallest absolute Gasteiger partial charge is 0.0688 e. The summed E-state index contributed by atoms with van der Waals surface area (Å²) in [4.78, 5) is 2.61. The first-order chi connectivity index (χ1) is 13.9. The quantitative estimate of drug-likeness (QED) is 0.654. The van der Waals surface area contributed by atoms with Crippen LogP contribution in [0.25, 0.3) is 17.3 Å². The average molecular weight is 367 g/mol. The van der Waals surface area contributed by atoms with Crippen molar-refractivity contribution in [3.8, 4) is 11.3 Å². The fourth-order valence-corrected chi connectivity index (χ4v) is 4.60. The Morgan fingerprint density at radius 1 is 1.04 bits per heavy atom. The summed E-state index contributed by atoms with van der Waals surface area (Å²) >= 11 is 0. The third-order valence-electron chi connectivity index (χ3n) is 6.00. The second kappa shape index (κ2) is 7.61. The predicted molar refractivity (Wildman–Crippen MR) is 115 cm³/mol. The SMILES string of the molecule is C1=CCN(C(/C=C/c2ccccc2)C2Cc3ccccc3-c3[nH]ncc32)CC1. The first-order valence-electron chi connectivity index (χ1n) is 10.1. The fraction of sp³-hybridized carbons (Fsp3) is 0.240. The zero-order chi connectivity index (χ0) is 18.8. The number of aromatic amines is 1. The van der Waals surface area contributed by atoms with Crippen LogP contribution in [0.1, 0.15) is 29.0 Å². The highest BCUT2D eigenvalue weighted by Gasteiger charge is 2.33. The maximum Gasteiger partial charge on any atom is 0.0688 e. The minimum Gasteiger partial charge on any atom is -0.292 e. The highest BCUT2D eigenvalue weighted by molar-refractivity contribution is 5.70. The molecule has 3 aromatic rings. The maximum atomic E-state index is 4.42. The van der Waals surface area contributed by atoms with Crippen LogP contribution in [-0.4, -0.2) is 34.2 Å². The Morgan fingerprint density at radius 2 is 1.89 bits per heavy atom. The van der Waals surface area contributed by atoms with Crippen LogP contribution in [0.5, 0.6) is 0 Å². The van der Waals surface area contributed by atoms with Gasteiger partial charge in [-0.3, -0.25) is 10.00 Å². The Morgan fingerprint density at radius 3 is 2.75 bits per heavy atom. The molecule has 0 spiro atoms. The van der Waals surface area contributed by atoms with Crippen LogP contribution in [0.15, 0.2) is 79.0 Å². The van der Waals surface area contributed by atoms with Crippen molar-refractivity contribution in [2.75, 3.05) is 13.1 Å². The van der Waals surface area contributed by atoms with E-state index < -0.39 is 0 Å². The Balaban J connectivity index is 1.54. The van der Waals surface area contributed by atoms with Crippen molar-refractivity contribution in [1.82, 2.24) is 15.1 Å². The number of aromatic nitrogens is 2. The Bertz CT molecular complexity index is 999. The lowest BCUT2D eigenvalue weighted by atomic mass is 9.77. The highest BCUT2D eigenvalue weighted by atomic mass is 15.2. The van der Waals surface area contributed by atoms with E-state index >= 15 is 0 Å². The van der Waals surface area contributed by atoms with E-state index in [2.05, 4.69) is 94.0 Å². The third kappa shape index (κ3) is 3.23. The van der Waals surface area contributed by atoms with Gasteiger partial charge in [-0.1, -0.05) is 78.9 Å². The molecule has 2 unspecified atom stereocenters. The van der Waals surface area contributed by atoms with Gasteiger partial charge in [0.1, 0.15) is 0 Å². The molecule has 0 saturated carbocycles. The van der Waals surface area contributed by atoms with Gasteiger partial charge in [-0.15, -0.1) is 0 Å². The van der Waals surface area contributed by atoms with Gasteiger partial charge in [0, 0.05) is 36.2 Å². The highest BCUT2D eigenvalue weighted by Crippen LogP contribution is 2.41. The van der Waals surface area contributed by atoms with Crippen molar-refractivity contribution in [1.29, 1.82) is 0 Å². The van der Waals surface area contributed by atoms with Crippen molar-refractivity contribution in [2.24, 2.45) is 0 Å². The summed E-state index contributed by atoms with van der Waals surface area (Å²) in [6, 6.07) is 19.7. The predicted octanol–water partition coefficient (Wildman–Crippen LogP) is 5.06. The molecular formula is C25H25N3. The molecule has 0 radical (unpaired) electrons. The zero-order valence-electron chi connectivity index (χ0n) is 16.0. The van der Waals surface area contributed by atoms with Crippen molar-refractivity contribution >= 4 is 6.08 Å². The monoisotopic (exact) mass is 367 g/mol. The minimum atomic E-state index is 0.342. The second-order valence-corrected chi connectivity index (χ2v) is 7.68. The van der Waals surface area contributed by atoms with E-state index in [1.807, 2.05) is 6.20 Å². The fourth-order valence-electron chi connectivity index (χ4n) is 4.60. The molecule has 1 N–H and O–H groups in total. The summed E-state index contributed by atoms with van der Waals surface area (Å²) in [5, 5.41) is 7.69. The number of rotatable bonds is 4. The van der Waals surface area contributed by atoms with Gasteiger partial charge >= 0.3 is 0 Å². The lowest BCUT2D eigenvalue weighted by Crippen LogP contribution is -2.41. The molecule has 140 valence electrons. The average Bonchev–Trinajstić information content (AvgIpc) is 3.26. The first kappa shape index (κ1) is 17.2. The van der Waals surface area contributed by atoms with Crippen LogP contribution in [0.4, 0.5) is 0 Å². The summed E-state index contributed by atoms with van der Waals surface area (Å²) in [7, 11) is 0. The van der Waals surface area contributed by atoms with Gasteiger partial charge in [0.15, 0.2) is 0 Å². The molecule has 0 bridgehead atoms. The summed E-state index contributed by atoms with van der Waals surface area (Å²) in [6.07, 6.45) is 13.5. The maximum absolute atomic E-state index is 4.42. The molecule has 1 aliphatic carbocycles. The number of hydrogen-bond acceptors (Lipinski definition) is 2. The van der Waals surface area contributed by atoms with Gasteiger partial charge in [0.25, 0.3) is 0 Å². The van der Waals surface area contributed by atoms with Crippen LogP contribution in [0.2, 0.25) is 0 Å². The van der Waals surface area contributed by atoms with E-state index in [9.17, 15) is 0 Å². The van der Waals surface area contributed by atoms with Gasteiger partial charge in [0.05, 0.1) is 11.9 Å². The molecule has 2 atom stereocenters. The second-order valence-electron chi connectivity index (χ2n) is 7.68. The molecule has 0 amide bonds. The van der Waals surface area contributed by atoms with Crippen LogP contribution in [-0.2, 0) is 6.42 Å². The normalized spacial score (nSPS) is 20.1. The molecule has 0 fully saturated rings. The summed E-state index contributed by atoms with van der Waals surface area (Å²) in [5.41, 5.74) is 6.50. The van der Waals surface area contributed by atoms with Gasteiger partial charge in [-0.05, 0) is 24.0 Å². The Kier molecular flexibility index (Phi) is 4.67. The van der Waals surface area contributed by atoms with E-state index in [1.54, 1.807) is 0 Å². The van der Waals surface area contributed by atoms with Crippen molar-refractivity contribution in [3.63, 3.8) is 0 Å². The lowest BCUT2D eigenvalue weighted by Gasteiger charge is -2.38. The molecule has 0 saturated heterocycles. The van der Waals surface area contributed by atoms with E-state index in [1.165, 1.54) is 27.9 Å². The van der Waals surface area contributed by atoms with E-state index in [0.717, 1.165) is 25.9 Å². The van der Waals surface area contributed by atoms with Crippen LogP contribution in [0, 0.1) is 0 Å². The van der Waals surface area contributed by atoms with Gasteiger partial charge in [-0.25, -0.2) is 0 Å². The molecule has 3 nitrogen and oxygen atoms in total. The van der Waals surface area contributed by atoms with Crippen molar-refractivity contribution < 1.29 is 0 Å². The third-order valence-corrected chi connectivity index (χ3v) is 6.00. The molecule has 28 heavy (non-hydrogen) atoms. The molecular weight excluding hydrogens is 342 g/mol.